The SMILES string of the molecule is CCCCN1CCc2ccc(NC(=O)N3CCC(COCC)C3)cc21. The fourth-order valence-electron chi connectivity index (χ4n) is 3.74. The molecule has 1 fully saturated rings. The number of fused-ring (bicyclic) bond motifs is 1. The van der Waals surface area contributed by atoms with E-state index in [-0.39, 0.29) is 6.03 Å². The highest BCUT2D eigenvalue weighted by Crippen LogP contribution is 2.31. The summed E-state index contributed by atoms with van der Waals surface area (Å²) in [5.74, 6) is 0.468. The molecule has 5 nitrogen and oxygen atoms in total. The Kier molecular flexibility index (Phi) is 6.19. The molecule has 1 aromatic rings. The Morgan fingerprint density at radius 1 is 1.32 bits per heavy atom. The minimum atomic E-state index is 0.0112. The van der Waals surface area contributed by atoms with E-state index in [1.165, 1.54) is 24.1 Å². The lowest BCUT2D eigenvalue weighted by Crippen LogP contribution is -2.33. The van der Waals surface area contributed by atoms with Crippen LogP contribution in [0, 0.1) is 5.92 Å². The molecule has 3 rings (SSSR count). The molecule has 2 aliphatic heterocycles. The van der Waals surface area contributed by atoms with Gasteiger partial charge in [0.05, 0.1) is 6.61 Å². The lowest BCUT2D eigenvalue weighted by molar-refractivity contribution is 0.113. The summed E-state index contributed by atoms with van der Waals surface area (Å²) in [5, 5.41) is 3.09. The molecule has 1 atom stereocenters. The average Bonchev–Trinajstić information content (AvgIpc) is 3.25. The summed E-state index contributed by atoms with van der Waals surface area (Å²) in [6.07, 6.45) is 4.56. The molecular weight excluding hydrogens is 314 g/mol. The van der Waals surface area contributed by atoms with Crippen molar-refractivity contribution >= 4 is 17.4 Å². The van der Waals surface area contributed by atoms with Crippen molar-refractivity contribution in [2.75, 3.05) is 49.6 Å². The molecule has 1 saturated heterocycles. The topological polar surface area (TPSA) is 44.8 Å². The zero-order valence-corrected chi connectivity index (χ0v) is 15.6. The fraction of sp³-hybridized carbons (Fsp3) is 0.650. The van der Waals surface area contributed by atoms with Crippen LogP contribution in [0.25, 0.3) is 0 Å². The van der Waals surface area contributed by atoms with Gasteiger partial charge in [0, 0.05) is 50.1 Å². The van der Waals surface area contributed by atoms with Gasteiger partial charge in [-0.05, 0) is 43.9 Å². The Labute approximate surface area is 151 Å². The Morgan fingerprint density at radius 3 is 3.00 bits per heavy atom. The molecule has 25 heavy (non-hydrogen) atoms. The van der Waals surface area contributed by atoms with Gasteiger partial charge in [0.25, 0.3) is 0 Å². The maximum atomic E-state index is 12.5. The highest BCUT2D eigenvalue weighted by atomic mass is 16.5. The monoisotopic (exact) mass is 345 g/mol. The molecule has 0 aromatic heterocycles. The number of rotatable bonds is 7. The summed E-state index contributed by atoms with van der Waals surface area (Å²) < 4.78 is 5.49. The summed E-state index contributed by atoms with van der Waals surface area (Å²) in [6.45, 7) is 9.54. The van der Waals surface area contributed by atoms with Gasteiger partial charge in [-0.1, -0.05) is 19.4 Å². The van der Waals surface area contributed by atoms with Crippen LogP contribution >= 0.6 is 0 Å². The van der Waals surface area contributed by atoms with Gasteiger partial charge in [-0.25, -0.2) is 4.79 Å². The lowest BCUT2D eigenvalue weighted by Gasteiger charge is -2.21. The first-order chi connectivity index (χ1) is 12.2. The molecule has 1 aromatic carbocycles. The number of benzene rings is 1. The van der Waals surface area contributed by atoms with Crippen LogP contribution in [-0.4, -0.2) is 50.3 Å². The molecule has 0 spiro atoms. The maximum absolute atomic E-state index is 12.5. The maximum Gasteiger partial charge on any atom is 0.321 e. The predicted octanol–water partition coefficient (Wildman–Crippen LogP) is 3.74. The molecule has 2 heterocycles. The molecule has 138 valence electrons. The molecular formula is C20H31N3O2. The second-order valence-electron chi connectivity index (χ2n) is 7.12. The first-order valence-electron chi connectivity index (χ1n) is 9.72. The Morgan fingerprint density at radius 2 is 2.20 bits per heavy atom. The van der Waals surface area contributed by atoms with E-state index >= 15 is 0 Å². The number of carbonyl (C=O) groups is 1. The van der Waals surface area contributed by atoms with E-state index in [4.69, 9.17) is 4.74 Å². The van der Waals surface area contributed by atoms with Crippen LogP contribution < -0.4 is 10.2 Å². The third-order valence-corrected chi connectivity index (χ3v) is 5.24. The number of amides is 2. The molecule has 1 N–H and O–H groups in total. The number of hydrogen-bond donors (Lipinski definition) is 1. The number of anilines is 2. The molecule has 0 aliphatic carbocycles. The van der Waals surface area contributed by atoms with Gasteiger partial charge < -0.3 is 19.9 Å². The predicted molar refractivity (Wildman–Crippen MR) is 102 cm³/mol. The van der Waals surface area contributed by atoms with Crippen molar-refractivity contribution in [3.8, 4) is 0 Å². The van der Waals surface area contributed by atoms with Crippen LogP contribution in [0.4, 0.5) is 16.2 Å². The van der Waals surface area contributed by atoms with Crippen molar-refractivity contribution in [1.82, 2.24) is 4.90 Å². The third-order valence-electron chi connectivity index (χ3n) is 5.24. The second kappa shape index (κ2) is 8.56. The second-order valence-corrected chi connectivity index (χ2v) is 7.12. The van der Waals surface area contributed by atoms with Crippen molar-refractivity contribution in [1.29, 1.82) is 0 Å². The van der Waals surface area contributed by atoms with Crippen LogP contribution in [0.1, 0.15) is 38.7 Å². The first kappa shape index (κ1) is 18.1. The van der Waals surface area contributed by atoms with Crippen LogP contribution in [0.5, 0.6) is 0 Å². The molecule has 2 aliphatic rings. The Hall–Kier alpha value is -1.75. The van der Waals surface area contributed by atoms with Crippen molar-refractivity contribution in [3.05, 3.63) is 23.8 Å². The first-order valence-corrected chi connectivity index (χ1v) is 9.72. The number of urea groups is 1. The van der Waals surface area contributed by atoms with Gasteiger partial charge in [-0.2, -0.15) is 0 Å². The van der Waals surface area contributed by atoms with Gasteiger partial charge in [0.2, 0.25) is 0 Å². The zero-order valence-electron chi connectivity index (χ0n) is 15.6. The van der Waals surface area contributed by atoms with Gasteiger partial charge in [0.1, 0.15) is 0 Å². The molecule has 0 radical (unpaired) electrons. The highest BCUT2D eigenvalue weighted by Gasteiger charge is 2.26. The van der Waals surface area contributed by atoms with E-state index in [1.807, 2.05) is 17.9 Å². The standard InChI is InChI=1S/C20H31N3O2/c1-3-5-10-22-12-9-17-6-7-18(13-19(17)22)21-20(24)23-11-8-16(14-23)15-25-4-2/h6-7,13,16H,3-5,8-12,14-15H2,1-2H3,(H,21,24). The summed E-state index contributed by atoms with van der Waals surface area (Å²) in [5.41, 5.74) is 3.59. The number of carbonyl (C=O) groups excluding carboxylic acids is 1. The van der Waals surface area contributed by atoms with E-state index in [0.717, 1.165) is 57.9 Å². The molecule has 0 bridgehead atoms. The smallest absolute Gasteiger partial charge is 0.321 e. The number of hydrogen-bond acceptors (Lipinski definition) is 3. The van der Waals surface area contributed by atoms with Crippen LogP contribution in [-0.2, 0) is 11.2 Å². The minimum Gasteiger partial charge on any atom is -0.381 e. The summed E-state index contributed by atoms with van der Waals surface area (Å²) in [7, 11) is 0. The number of ether oxygens (including phenoxy) is 1. The summed E-state index contributed by atoms with van der Waals surface area (Å²) >= 11 is 0. The number of nitrogens with zero attached hydrogens (tertiary/aromatic N) is 2. The van der Waals surface area contributed by atoms with Crippen LogP contribution in [0.15, 0.2) is 18.2 Å². The largest absolute Gasteiger partial charge is 0.381 e. The van der Waals surface area contributed by atoms with E-state index in [1.54, 1.807) is 0 Å². The number of nitrogens with one attached hydrogen (secondary N) is 1. The zero-order chi connectivity index (χ0) is 17.6. The van der Waals surface area contributed by atoms with E-state index < -0.39 is 0 Å². The molecule has 5 heteroatoms. The number of unbranched alkanes of at least 4 members (excludes halogenated alkanes) is 1. The van der Waals surface area contributed by atoms with Crippen LogP contribution in [0.2, 0.25) is 0 Å². The van der Waals surface area contributed by atoms with Gasteiger partial charge in [-0.3, -0.25) is 0 Å². The highest BCUT2D eigenvalue weighted by molar-refractivity contribution is 5.90. The van der Waals surface area contributed by atoms with Crippen molar-refractivity contribution in [2.24, 2.45) is 5.92 Å². The van der Waals surface area contributed by atoms with E-state index in [9.17, 15) is 4.79 Å². The summed E-state index contributed by atoms with van der Waals surface area (Å²) in [4.78, 5) is 16.9. The van der Waals surface area contributed by atoms with Crippen molar-refractivity contribution < 1.29 is 9.53 Å². The van der Waals surface area contributed by atoms with Gasteiger partial charge in [-0.15, -0.1) is 0 Å². The average molecular weight is 345 g/mol. The summed E-state index contributed by atoms with van der Waals surface area (Å²) in [6, 6.07) is 6.35. The fourth-order valence-corrected chi connectivity index (χ4v) is 3.74. The Bertz CT molecular complexity index is 590. The van der Waals surface area contributed by atoms with Gasteiger partial charge >= 0.3 is 6.03 Å². The molecule has 2 amide bonds. The molecule has 1 unspecified atom stereocenters. The number of likely N-dealkylation sites (tertiary alicyclic amines) is 1. The quantitative estimate of drug-likeness (QED) is 0.819. The van der Waals surface area contributed by atoms with Gasteiger partial charge in [0.15, 0.2) is 0 Å². The molecule has 0 saturated carbocycles. The lowest BCUT2D eigenvalue weighted by atomic mass is 10.1. The van der Waals surface area contributed by atoms with Crippen molar-refractivity contribution in [3.63, 3.8) is 0 Å². The van der Waals surface area contributed by atoms with Crippen LogP contribution in [0.3, 0.4) is 0 Å². The normalized spacial score (nSPS) is 19.4. The third kappa shape index (κ3) is 4.46. The van der Waals surface area contributed by atoms with E-state index in [2.05, 4.69) is 29.3 Å². The van der Waals surface area contributed by atoms with E-state index in [0.29, 0.717) is 5.92 Å². The minimum absolute atomic E-state index is 0.0112. The Balaban J connectivity index is 1.57. The van der Waals surface area contributed by atoms with Crippen molar-refractivity contribution in [2.45, 2.75) is 39.5 Å².